The van der Waals surface area contributed by atoms with Gasteiger partial charge in [0, 0.05) is 31.1 Å². The molecule has 0 bridgehead atoms. The predicted octanol–water partition coefficient (Wildman–Crippen LogP) is 2.67. The first-order valence-electron chi connectivity index (χ1n) is 9.97. The number of fused-ring (bicyclic) bond motifs is 1. The highest BCUT2D eigenvalue weighted by atomic mass is 16.4. The number of carbonyl (C=O) groups excluding carboxylic acids is 2. The zero-order valence-electron chi connectivity index (χ0n) is 15.5. The van der Waals surface area contributed by atoms with E-state index in [1.54, 1.807) is 17.0 Å². The lowest BCUT2D eigenvalue weighted by Crippen LogP contribution is -2.46. The average molecular weight is 370 g/mol. The molecule has 1 aromatic carbocycles. The van der Waals surface area contributed by atoms with E-state index in [9.17, 15) is 19.5 Å². The van der Waals surface area contributed by atoms with Gasteiger partial charge in [-0.2, -0.15) is 0 Å². The van der Waals surface area contributed by atoms with E-state index in [0.29, 0.717) is 30.9 Å². The summed E-state index contributed by atoms with van der Waals surface area (Å²) in [5.41, 5.74) is 1.53. The van der Waals surface area contributed by atoms with E-state index in [1.165, 1.54) is 0 Å². The van der Waals surface area contributed by atoms with Gasteiger partial charge in [-0.1, -0.05) is 25.0 Å². The lowest BCUT2D eigenvalue weighted by atomic mass is 9.84. The maximum absolute atomic E-state index is 13.1. The minimum atomic E-state index is -0.901. The minimum absolute atomic E-state index is 0.0502. The molecule has 2 saturated heterocycles. The topological polar surface area (TPSA) is 77.9 Å². The van der Waals surface area contributed by atoms with Gasteiger partial charge in [-0.3, -0.25) is 9.59 Å². The van der Waals surface area contributed by atoms with Crippen LogP contribution >= 0.6 is 0 Å². The SMILES string of the molecule is O=C(O)[C@@H]1C[C@H]2CCCC[C@H]2N1C(=O)c1ccc(CN2CCCC2=O)cc1. The van der Waals surface area contributed by atoms with Crippen molar-refractivity contribution in [2.24, 2.45) is 5.92 Å². The second kappa shape index (κ2) is 7.33. The first-order chi connectivity index (χ1) is 13.0. The van der Waals surface area contributed by atoms with Crippen molar-refractivity contribution in [3.63, 3.8) is 0 Å². The summed E-state index contributed by atoms with van der Waals surface area (Å²) in [6, 6.07) is 6.63. The molecule has 27 heavy (non-hydrogen) atoms. The monoisotopic (exact) mass is 370 g/mol. The summed E-state index contributed by atoms with van der Waals surface area (Å²) in [4.78, 5) is 40.1. The Morgan fingerprint density at radius 2 is 1.81 bits per heavy atom. The number of hydrogen-bond donors (Lipinski definition) is 1. The van der Waals surface area contributed by atoms with Gasteiger partial charge in [0.2, 0.25) is 5.91 Å². The summed E-state index contributed by atoms with van der Waals surface area (Å²) in [6.45, 7) is 1.36. The van der Waals surface area contributed by atoms with E-state index >= 15 is 0 Å². The number of benzene rings is 1. The van der Waals surface area contributed by atoms with Crippen molar-refractivity contribution in [2.75, 3.05) is 6.54 Å². The fourth-order valence-electron chi connectivity index (χ4n) is 4.97. The van der Waals surface area contributed by atoms with E-state index in [0.717, 1.165) is 44.2 Å². The zero-order valence-corrected chi connectivity index (χ0v) is 15.5. The van der Waals surface area contributed by atoms with Crippen LogP contribution in [0.15, 0.2) is 24.3 Å². The van der Waals surface area contributed by atoms with Gasteiger partial charge in [-0.15, -0.1) is 0 Å². The van der Waals surface area contributed by atoms with Crippen molar-refractivity contribution >= 4 is 17.8 Å². The zero-order chi connectivity index (χ0) is 19.0. The Balaban J connectivity index is 1.50. The van der Waals surface area contributed by atoms with Gasteiger partial charge in [0.1, 0.15) is 6.04 Å². The van der Waals surface area contributed by atoms with Crippen molar-refractivity contribution in [1.82, 2.24) is 9.80 Å². The van der Waals surface area contributed by atoms with Crippen LogP contribution in [0.1, 0.15) is 60.9 Å². The van der Waals surface area contributed by atoms with Crippen molar-refractivity contribution in [3.05, 3.63) is 35.4 Å². The molecule has 0 spiro atoms. The molecule has 3 aliphatic rings. The Hall–Kier alpha value is -2.37. The smallest absolute Gasteiger partial charge is 0.326 e. The van der Waals surface area contributed by atoms with Gasteiger partial charge in [0.05, 0.1) is 0 Å². The molecule has 3 atom stereocenters. The fraction of sp³-hybridized carbons (Fsp3) is 0.571. The molecule has 1 saturated carbocycles. The molecule has 2 aliphatic heterocycles. The Morgan fingerprint density at radius 1 is 1.07 bits per heavy atom. The van der Waals surface area contributed by atoms with Crippen LogP contribution < -0.4 is 0 Å². The van der Waals surface area contributed by atoms with Crippen LogP contribution in [-0.2, 0) is 16.1 Å². The molecular formula is C21H26N2O4. The number of rotatable bonds is 4. The lowest BCUT2D eigenvalue weighted by molar-refractivity contribution is -0.141. The molecule has 2 heterocycles. The molecule has 144 valence electrons. The fourth-order valence-corrected chi connectivity index (χ4v) is 4.97. The molecule has 0 unspecified atom stereocenters. The molecule has 1 aromatic rings. The Morgan fingerprint density at radius 3 is 2.48 bits per heavy atom. The summed E-state index contributed by atoms with van der Waals surface area (Å²) >= 11 is 0. The van der Waals surface area contributed by atoms with Gasteiger partial charge < -0.3 is 14.9 Å². The van der Waals surface area contributed by atoms with E-state index in [2.05, 4.69) is 0 Å². The molecule has 1 N–H and O–H groups in total. The molecule has 1 aliphatic carbocycles. The second-order valence-corrected chi connectivity index (χ2v) is 8.03. The third kappa shape index (κ3) is 3.45. The highest BCUT2D eigenvalue weighted by Crippen LogP contribution is 2.40. The lowest BCUT2D eigenvalue weighted by Gasteiger charge is -2.33. The number of hydrogen-bond acceptors (Lipinski definition) is 3. The van der Waals surface area contributed by atoms with Crippen molar-refractivity contribution < 1.29 is 19.5 Å². The largest absolute Gasteiger partial charge is 0.480 e. The maximum atomic E-state index is 13.1. The summed E-state index contributed by atoms with van der Waals surface area (Å²) in [6.07, 6.45) is 6.19. The van der Waals surface area contributed by atoms with Crippen LogP contribution in [0.25, 0.3) is 0 Å². The van der Waals surface area contributed by atoms with Crippen molar-refractivity contribution in [2.45, 2.75) is 63.6 Å². The van der Waals surface area contributed by atoms with Crippen molar-refractivity contribution in [3.8, 4) is 0 Å². The van der Waals surface area contributed by atoms with E-state index < -0.39 is 12.0 Å². The van der Waals surface area contributed by atoms with Crippen LogP contribution in [0.5, 0.6) is 0 Å². The first-order valence-corrected chi connectivity index (χ1v) is 9.97. The summed E-state index contributed by atoms with van der Waals surface area (Å²) in [5.74, 6) is -0.591. The minimum Gasteiger partial charge on any atom is -0.480 e. The number of carboxylic acid groups (broad SMARTS) is 1. The number of carboxylic acids is 1. The molecule has 0 aromatic heterocycles. The van der Waals surface area contributed by atoms with E-state index in [-0.39, 0.29) is 17.9 Å². The third-order valence-electron chi connectivity index (χ3n) is 6.35. The maximum Gasteiger partial charge on any atom is 0.326 e. The van der Waals surface area contributed by atoms with Crippen LogP contribution in [-0.4, -0.2) is 51.3 Å². The number of nitrogens with zero attached hydrogens (tertiary/aromatic N) is 2. The summed E-state index contributed by atoms with van der Waals surface area (Å²) < 4.78 is 0. The molecule has 0 radical (unpaired) electrons. The van der Waals surface area contributed by atoms with Crippen molar-refractivity contribution in [1.29, 1.82) is 0 Å². The molecule has 3 fully saturated rings. The summed E-state index contributed by atoms with van der Waals surface area (Å²) in [5, 5.41) is 9.62. The Labute approximate surface area is 159 Å². The molecule has 2 amide bonds. The third-order valence-corrected chi connectivity index (χ3v) is 6.35. The van der Waals surface area contributed by atoms with Gasteiger partial charge in [0.25, 0.3) is 5.91 Å². The van der Waals surface area contributed by atoms with Crippen LogP contribution in [0.4, 0.5) is 0 Å². The standard InChI is InChI=1S/C21H26N2O4/c24-19-6-3-11-22(19)13-14-7-9-15(10-8-14)20(25)23-17-5-2-1-4-16(17)12-18(23)21(26)27/h7-10,16-18H,1-6,11-13H2,(H,26,27)/t16-,17-,18+/m1/s1. The molecule has 6 nitrogen and oxygen atoms in total. The van der Waals surface area contributed by atoms with Gasteiger partial charge in [-0.05, 0) is 49.3 Å². The first kappa shape index (κ1) is 18.0. The number of aliphatic carboxylic acids is 1. The number of amides is 2. The highest BCUT2D eigenvalue weighted by Gasteiger charge is 2.47. The van der Waals surface area contributed by atoms with Crippen LogP contribution in [0.3, 0.4) is 0 Å². The number of likely N-dealkylation sites (tertiary alicyclic amines) is 2. The van der Waals surface area contributed by atoms with E-state index in [4.69, 9.17) is 0 Å². The number of carbonyl (C=O) groups is 3. The quantitative estimate of drug-likeness (QED) is 0.884. The van der Waals surface area contributed by atoms with Gasteiger partial charge in [0.15, 0.2) is 0 Å². The van der Waals surface area contributed by atoms with Crippen LogP contribution in [0, 0.1) is 5.92 Å². The Kier molecular flexibility index (Phi) is 4.89. The van der Waals surface area contributed by atoms with Gasteiger partial charge in [-0.25, -0.2) is 4.79 Å². The molecular weight excluding hydrogens is 344 g/mol. The van der Waals surface area contributed by atoms with E-state index in [1.807, 2.05) is 17.0 Å². The van der Waals surface area contributed by atoms with Gasteiger partial charge >= 0.3 is 5.97 Å². The van der Waals surface area contributed by atoms with Crippen LogP contribution in [0.2, 0.25) is 0 Å². The predicted molar refractivity (Wildman–Crippen MR) is 99.0 cm³/mol. The molecule has 6 heteroatoms. The summed E-state index contributed by atoms with van der Waals surface area (Å²) in [7, 11) is 0. The normalized spacial score (nSPS) is 27.7. The second-order valence-electron chi connectivity index (χ2n) is 8.03. The Bertz CT molecular complexity index is 745. The highest BCUT2D eigenvalue weighted by molar-refractivity contribution is 5.97. The molecule has 4 rings (SSSR count). The average Bonchev–Trinajstić information content (AvgIpc) is 3.25.